The molecule has 3 aromatic rings. The molecule has 1 fully saturated rings. The van der Waals surface area contributed by atoms with Gasteiger partial charge in [-0.05, 0) is 84.1 Å². The third-order valence-corrected chi connectivity index (χ3v) is 8.80. The van der Waals surface area contributed by atoms with Crippen LogP contribution in [0.15, 0.2) is 34.7 Å². The first kappa shape index (κ1) is 28.0. The highest BCUT2D eigenvalue weighted by molar-refractivity contribution is 14.2. The predicted octanol–water partition coefficient (Wildman–Crippen LogP) is 5.79. The SMILES string of the molecule is COc1cccc(OC)c1-n1c(-c2ccc(C)o2)nnc1N(CCSI)SC(C)CN1CCCCC1=O. The number of hydrogen-bond donors (Lipinski definition) is 0. The van der Waals surface area contributed by atoms with E-state index in [4.69, 9.17) is 13.9 Å². The van der Waals surface area contributed by atoms with Crippen molar-refractivity contribution in [3.63, 3.8) is 0 Å². The van der Waals surface area contributed by atoms with Gasteiger partial charge in [0, 0.05) is 37.1 Å². The van der Waals surface area contributed by atoms with Gasteiger partial charge < -0.3 is 18.8 Å². The van der Waals surface area contributed by atoms with Gasteiger partial charge in [0.05, 0.1) is 14.2 Å². The minimum atomic E-state index is 0.153. The van der Waals surface area contributed by atoms with Gasteiger partial charge in [-0.25, -0.2) is 0 Å². The van der Waals surface area contributed by atoms with Gasteiger partial charge in [0.1, 0.15) is 22.9 Å². The van der Waals surface area contributed by atoms with E-state index in [1.54, 1.807) is 35.1 Å². The largest absolute Gasteiger partial charge is 0.494 e. The Bertz CT molecular complexity index is 1180. The molecule has 9 nitrogen and oxygen atoms in total. The first-order valence-corrected chi connectivity index (χ1v) is 16.5. The highest BCUT2D eigenvalue weighted by atomic mass is 127. The van der Waals surface area contributed by atoms with Crippen molar-refractivity contribution >= 4 is 53.9 Å². The number of aromatic nitrogens is 3. The molecule has 0 radical (unpaired) electrons. The third kappa shape index (κ3) is 6.51. The van der Waals surface area contributed by atoms with Crippen molar-refractivity contribution in [2.24, 2.45) is 0 Å². The predicted molar refractivity (Wildman–Crippen MR) is 158 cm³/mol. The summed E-state index contributed by atoms with van der Waals surface area (Å²) in [6.45, 7) is 6.29. The molecule has 37 heavy (non-hydrogen) atoms. The normalized spacial score (nSPS) is 14.6. The van der Waals surface area contributed by atoms with Crippen LogP contribution in [-0.4, -0.2) is 70.4 Å². The molecule has 3 heterocycles. The Hall–Kier alpha value is -2.06. The number of likely N-dealkylation sites (tertiary alicyclic amines) is 1. The lowest BCUT2D eigenvalue weighted by Gasteiger charge is -2.31. The van der Waals surface area contributed by atoms with Crippen molar-refractivity contribution in [3.8, 4) is 28.8 Å². The molecule has 1 aliphatic heterocycles. The third-order valence-electron chi connectivity index (χ3n) is 6.03. The minimum absolute atomic E-state index is 0.153. The van der Waals surface area contributed by atoms with Gasteiger partial charge in [0.2, 0.25) is 17.7 Å². The summed E-state index contributed by atoms with van der Waals surface area (Å²) in [7, 11) is 5.01. The number of hydrogen-bond acceptors (Lipinski definition) is 9. The van der Waals surface area contributed by atoms with Crippen LogP contribution in [0.2, 0.25) is 0 Å². The lowest BCUT2D eigenvalue weighted by molar-refractivity contribution is -0.133. The number of furan rings is 1. The molecular formula is C25H32IN5O4S2. The summed E-state index contributed by atoms with van der Waals surface area (Å²) in [4.78, 5) is 14.4. The Kier molecular flexibility index (Phi) is 9.93. The molecule has 0 spiro atoms. The molecule has 4 rings (SSSR count). The van der Waals surface area contributed by atoms with Crippen LogP contribution in [0.1, 0.15) is 31.9 Å². The lowest BCUT2D eigenvalue weighted by Crippen LogP contribution is -2.40. The van der Waals surface area contributed by atoms with E-state index < -0.39 is 0 Å². The van der Waals surface area contributed by atoms with Gasteiger partial charge in [-0.2, -0.15) is 0 Å². The quantitative estimate of drug-likeness (QED) is 0.178. The number of benzene rings is 1. The molecule has 1 saturated heterocycles. The molecule has 1 amide bonds. The number of methoxy groups -OCH3 is 2. The number of carbonyl (C=O) groups is 1. The highest BCUT2D eigenvalue weighted by Crippen LogP contribution is 2.40. The van der Waals surface area contributed by atoms with E-state index in [1.807, 2.05) is 46.7 Å². The van der Waals surface area contributed by atoms with E-state index >= 15 is 0 Å². The maximum atomic E-state index is 12.4. The Balaban J connectivity index is 1.77. The van der Waals surface area contributed by atoms with Gasteiger partial charge in [0.25, 0.3) is 0 Å². The average molecular weight is 658 g/mol. The fraction of sp³-hybridized carbons (Fsp3) is 0.480. The molecule has 1 unspecified atom stereocenters. The van der Waals surface area contributed by atoms with Crippen molar-refractivity contribution < 1.29 is 18.7 Å². The van der Waals surface area contributed by atoms with E-state index in [0.717, 1.165) is 37.4 Å². The number of aryl methyl sites for hydroxylation is 1. The first-order valence-electron chi connectivity index (χ1n) is 12.2. The standard InChI is InChI=1S/C25H32IN5O4S2/c1-17-11-12-21(35-17)24-27-28-25(31(24)23-19(33-3)8-7-9-20(23)34-4)30(14-15-36-26)37-18(2)16-29-13-6-5-10-22(29)32/h7-9,11-12,18H,5-6,10,13-16H2,1-4H3. The average Bonchev–Trinajstić information content (AvgIpc) is 3.53. The smallest absolute Gasteiger partial charge is 0.242 e. The van der Waals surface area contributed by atoms with Crippen molar-refractivity contribution in [1.82, 2.24) is 19.7 Å². The highest BCUT2D eigenvalue weighted by Gasteiger charge is 2.29. The van der Waals surface area contributed by atoms with Crippen LogP contribution in [0.25, 0.3) is 17.3 Å². The van der Waals surface area contributed by atoms with E-state index in [2.05, 4.69) is 42.6 Å². The van der Waals surface area contributed by atoms with Crippen LogP contribution < -0.4 is 13.8 Å². The maximum Gasteiger partial charge on any atom is 0.242 e. The fourth-order valence-electron chi connectivity index (χ4n) is 4.34. The Morgan fingerprint density at radius 1 is 1.16 bits per heavy atom. The van der Waals surface area contributed by atoms with E-state index in [-0.39, 0.29) is 11.2 Å². The van der Waals surface area contributed by atoms with Crippen molar-refractivity contribution in [2.75, 3.05) is 43.9 Å². The van der Waals surface area contributed by atoms with Crippen LogP contribution in [0.4, 0.5) is 5.95 Å². The molecule has 0 N–H and O–H groups in total. The summed E-state index contributed by atoms with van der Waals surface area (Å²) in [5.41, 5.74) is 0.697. The summed E-state index contributed by atoms with van der Waals surface area (Å²) in [5, 5.41) is 9.38. The van der Waals surface area contributed by atoms with Crippen LogP contribution >= 0.6 is 42.1 Å². The number of amides is 1. The Morgan fingerprint density at radius 3 is 2.54 bits per heavy atom. The number of anilines is 1. The zero-order valence-corrected chi connectivity index (χ0v) is 25.3. The molecule has 1 aromatic carbocycles. The van der Waals surface area contributed by atoms with Crippen molar-refractivity contribution in [3.05, 3.63) is 36.1 Å². The minimum Gasteiger partial charge on any atom is -0.494 e. The lowest BCUT2D eigenvalue weighted by atomic mass is 10.1. The van der Waals surface area contributed by atoms with Crippen LogP contribution in [0.5, 0.6) is 11.5 Å². The molecule has 1 atom stereocenters. The number of nitrogens with zero attached hydrogens (tertiary/aromatic N) is 5. The van der Waals surface area contributed by atoms with Gasteiger partial charge in [-0.15, -0.1) is 10.2 Å². The van der Waals surface area contributed by atoms with Gasteiger partial charge in [-0.1, -0.05) is 15.0 Å². The fourth-order valence-corrected chi connectivity index (χ4v) is 6.39. The monoisotopic (exact) mass is 657 g/mol. The van der Waals surface area contributed by atoms with E-state index in [0.29, 0.717) is 47.7 Å². The number of para-hydroxylation sites is 1. The number of carbonyl (C=O) groups excluding carboxylic acids is 1. The Morgan fingerprint density at radius 2 is 1.92 bits per heavy atom. The molecule has 0 aliphatic carbocycles. The van der Waals surface area contributed by atoms with Crippen molar-refractivity contribution in [1.29, 1.82) is 0 Å². The zero-order valence-electron chi connectivity index (χ0n) is 21.5. The first-order chi connectivity index (χ1) is 18.0. The van der Waals surface area contributed by atoms with Gasteiger partial charge in [0.15, 0.2) is 5.76 Å². The molecule has 0 bridgehead atoms. The number of piperidine rings is 1. The topological polar surface area (TPSA) is 85.9 Å². The number of halogens is 1. The van der Waals surface area contributed by atoms with Gasteiger partial charge in [-0.3, -0.25) is 13.7 Å². The molecule has 12 heteroatoms. The second kappa shape index (κ2) is 13.1. The van der Waals surface area contributed by atoms with E-state index in [9.17, 15) is 4.79 Å². The van der Waals surface area contributed by atoms with Crippen molar-refractivity contribution in [2.45, 2.75) is 38.4 Å². The molecular weight excluding hydrogens is 625 g/mol. The summed E-state index contributed by atoms with van der Waals surface area (Å²) in [6, 6.07) is 9.47. The molecule has 2 aromatic heterocycles. The second-order valence-electron chi connectivity index (χ2n) is 8.71. The molecule has 1 aliphatic rings. The van der Waals surface area contributed by atoms with Crippen LogP contribution in [-0.2, 0) is 4.79 Å². The summed E-state index contributed by atoms with van der Waals surface area (Å²) in [5.74, 6) is 4.96. The number of ether oxygens (including phenoxy) is 2. The summed E-state index contributed by atoms with van der Waals surface area (Å²) in [6.07, 6.45) is 2.68. The second-order valence-corrected chi connectivity index (χ2v) is 12.7. The maximum absolute atomic E-state index is 12.4. The number of rotatable bonds is 12. The Labute approximate surface area is 238 Å². The molecule has 0 saturated carbocycles. The van der Waals surface area contributed by atoms with E-state index in [1.165, 1.54) is 0 Å². The van der Waals surface area contributed by atoms with Gasteiger partial charge >= 0.3 is 0 Å². The van der Waals surface area contributed by atoms with Crippen LogP contribution in [0.3, 0.4) is 0 Å². The summed E-state index contributed by atoms with van der Waals surface area (Å²) < 4.78 is 21.6. The zero-order chi connectivity index (χ0) is 26.4. The summed E-state index contributed by atoms with van der Waals surface area (Å²) >= 11 is 3.98. The van der Waals surface area contributed by atoms with Crippen LogP contribution in [0, 0.1) is 6.92 Å². The molecule has 200 valence electrons.